The Bertz CT molecular complexity index is 719. The lowest BCUT2D eigenvalue weighted by Crippen LogP contribution is -2.26. The summed E-state index contributed by atoms with van der Waals surface area (Å²) in [5, 5.41) is 2.60. The van der Waals surface area contributed by atoms with Crippen molar-refractivity contribution >= 4 is 17.2 Å². The first-order chi connectivity index (χ1) is 9.11. The van der Waals surface area contributed by atoms with Gasteiger partial charge in [-0.1, -0.05) is 18.2 Å². The molecule has 0 atom stereocenters. The number of aryl methyl sites for hydroxylation is 1. The van der Waals surface area contributed by atoms with Gasteiger partial charge >= 0.3 is 5.69 Å². The zero-order chi connectivity index (χ0) is 13.8. The standard InChI is InChI=1S/C11H11N5O3/c1-6-4-2-3-5-7(6)14-15-8-9(16-19)12-11(18)13-10(8)17/h2-5,14-15H,1H3,(H2,12,13,17,18). The molecule has 0 amide bonds. The molecule has 98 valence electrons. The van der Waals surface area contributed by atoms with E-state index in [0.29, 0.717) is 0 Å². The molecule has 0 aliphatic carbocycles. The van der Waals surface area contributed by atoms with Gasteiger partial charge in [-0.15, -0.1) is 4.91 Å². The quantitative estimate of drug-likeness (QED) is 0.487. The van der Waals surface area contributed by atoms with Crippen LogP contribution < -0.4 is 22.1 Å². The van der Waals surface area contributed by atoms with Crippen molar-refractivity contribution in [3.8, 4) is 0 Å². The van der Waals surface area contributed by atoms with Crippen LogP contribution in [0.5, 0.6) is 0 Å². The summed E-state index contributed by atoms with van der Waals surface area (Å²) >= 11 is 0. The van der Waals surface area contributed by atoms with Crippen molar-refractivity contribution in [3.63, 3.8) is 0 Å². The van der Waals surface area contributed by atoms with E-state index < -0.39 is 11.2 Å². The van der Waals surface area contributed by atoms with Crippen LogP contribution in [0, 0.1) is 11.8 Å². The Balaban J connectivity index is 2.30. The summed E-state index contributed by atoms with van der Waals surface area (Å²) in [6.45, 7) is 1.87. The summed E-state index contributed by atoms with van der Waals surface area (Å²) in [5.41, 5.74) is 5.32. The maximum Gasteiger partial charge on any atom is 0.327 e. The average molecular weight is 261 g/mol. The van der Waals surface area contributed by atoms with Crippen molar-refractivity contribution in [2.75, 3.05) is 10.9 Å². The minimum Gasteiger partial charge on any atom is -0.300 e. The van der Waals surface area contributed by atoms with Gasteiger partial charge in [0.1, 0.15) is 0 Å². The van der Waals surface area contributed by atoms with E-state index in [4.69, 9.17) is 0 Å². The number of nitrogens with one attached hydrogen (secondary N) is 4. The maximum absolute atomic E-state index is 11.5. The first-order valence-corrected chi connectivity index (χ1v) is 5.39. The number of nitroso groups, excluding NO2 is 1. The second kappa shape index (κ2) is 5.17. The maximum atomic E-state index is 11.5. The molecule has 0 spiro atoms. The fourth-order valence-electron chi connectivity index (χ4n) is 1.50. The highest BCUT2D eigenvalue weighted by Crippen LogP contribution is 2.17. The van der Waals surface area contributed by atoms with Crippen molar-refractivity contribution in [2.24, 2.45) is 5.18 Å². The van der Waals surface area contributed by atoms with E-state index in [1.165, 1.54) is 0 Å². The average Bonchev–Trinajstić information content (AvgIpc) is 2.38. The smallest absolute Gasteiger partial charge is 0.300 e. The molecule has 2 rings (SSSR count). The van der Waals surface area contributed by atoms with Crippen molar-refractivity contribution in [1.82, 2.24) is 9.97 Å². The SMILES string of the molecule is Cc1ccccc1NNc1c(N=O)[nH]c(=O)[nH]c1=O. The van der Waals surface area contributed by atoms with E-state index in [2.05, 4.69) is 21.0 Å². The predicted molar refractivity (Wildman–Crippen MR) is 71.6 cm³/mol. The van der Waals surface area contributed by atoms with Crippen molar-refractivity contribution in [2.45, 2.75) is 6.92 Å². The zero-order valence-corrected chi connectivity index (χ0v) is 9.98. The zero-order valence-electron chi connectivity index (χ0n) is 9.98. The topological polar surface area (TPSA) is 119 Å². The van der Waals surface area contributed by atoms with Gasteiger partial charge in [-0.3, -0.25) is 20.2 Å². The largest absolute Gasteiger partial charge is 0.327 e. The van der Waals surface area contributed by atoms with Gasteiger partial charge in [0.2, 0.25) is 5.82 Å². The minimum atomic E-state index is -0.791. The Morgan fingerprint density at radius 2 is 1.84 bits per heavy atom. The molecule has 1 heterocycles. The minimum absolute atomic E-state index is 0.155. The van der Waals surface area contributed by atoms with Gasteiger partial charge in [-0.2, -0.15) is 0 Å². The van der Waals surface area contributed by atoms with Crippen molar-refractivity contribution in [3.05, 3.63) is 55.6 Å². The molecule has 0 aliphatic heterocycles. The fraction of sp³-hybridized carbons (Fsp3) is 0.0909. The van der Waals surface area contributed by atoms with Crippen molar-refractivity contribution < 1.29 is 0 Å². The number of aromatic nitrogens is 2. The first kappa shape index (κ1) is 12.6. The second-order valence-corrected chi connectivity index (χ2v) is 3.79. The summed E-state index contributed by atoms with van der Waals surface area (Å²) in [7, 11) is 0. The van der Waals surface area contributed by atoms with Crippen LogP contribution in [0.4, 0.5) is 17.2 Å². The van der Waals surface area contributed by atoms with Crippen LogP contribution in [-0.2, 0) is 0 Å². The van der Waals surface area contributed by atoms with E-state index in [1.54, 1.807) is 6.07 Å². The summed E-state index contributed by atoms with van der Waals surface area (Å²) in [6.07, 6.45) is 0. The van der Waals surface area contributed by atoms with Gasteiger partial charge in [0.05, 0.1) is 5.69 Å². The summed E-state index contributed by atoms with van der Waals surface area (Å²) in [6, 6.07) is 7.34. The summed E-state index contributed by atoms with van der Waals surface area (Å²) in [5.74, 6) is -0.366. The number of hydrogen-bond donors (Lipinski definition) is 4. The Kier molecular flexibility index (Phi) is 3.42. The van der Waals surface area contributed by atoms with Gasteiger partial charge in [0, 0.05) is 0 Å². The number of rotatable bonds is 4. The Hall–Kier alpha value is -2.90. The third-order valence-corrected chi connectivity index (χ3v) is 2.48. The normalized spacial score (nSPS) is 9.95. The van der Waals surface area contributed by atoms with Gasteiger partial charge in [0.15, 0.2) is 5.69 Å². The molecular formula is C11H11N5O3. The molecule has 2 aromatic rings. The lowest BCUT2D eigenvalue weighted by Gasteiger charge is -2.11. The Morgan fingerprint density at radius 3 is 2.53 bits per heavy atom. The van der Waals surface area contributed by atoms with Gasteiger partial charge in [-0.05, 0) is 23.7 Å². The van der Waals surface area contributed by atoms with E-state index in [1.807, 2.05) is 30.1 Å². The van der Waals surface area contributed by atoms with E-state index in [0.717, 1.165) is 11.3 Å². The van der Waals surface area contributed by atoms with E-state index in [9.17, 15) is 14.5 Å². The molecule has 0 radical (unpaired) electrons. The number of nitrogens with zero attached hydrogens (tertiary/aromatic N) is 1. The van der Waals surface area contributed by atoms with Gasteiger partial charge < -0.3 is 5.43 Å². The van der Waals surface area contributed by atoms with Crippen LogP contribution in [0.25, 0.3) is 0 Å². The molecule has 0 bridgehead atoms. The van der Waals surface area contributed by atoms with Crippen LogP contribution in [0.1, 0.15) is 5.56 Å². The molecule has 19 heavy (non-hydrogen) atoms. The molecule has 0 saturated carbocycles. The van der Waals surface area contributed by atoms with Crippen LogP contribution in [0.2, 0.25) is 0 Å². The van der Waals surface area contributed by atoms with Crippen LogP contribution in [-0.4, -0.2) is 9.97 Å². The number of benzene rings is 1. The Labute approximate surface area is 106 Å². The van der Waals surface area contributed by atoms with Crippen molar-refractivity contribution in [1.29, 1.82) is 0 Å². The summed E-state index contributed by atoms with van der Waals surface area (Å²) in [4.78, 5) is 37.2. The fourth-order valence-corrected chi connectivity index (χ4v) is 1.50. The third-order valence-electron chi connectivity index (χ3n) is 2.48. The number of H-pyrrole nitrogens is 2. The molecule has 8 heteroatoms. The highest BCUT2D eigenvalue weighted by Gasteiger charge is 2.09. The Morgan fingerprint density at radius 1 is 1.11 bits per heavy atom. The predicted octanol–water partition coefficient (Wildman–Crippen LogP) is 1.21. The second-order valence-electron chi connectivity index (χ2n) is 3.79. The number of anilines is 2. The van der Waals surface area contributed by atoms with Gasteiger partial charge in [0.25, 0.3) is 5.56 Å². The molecule has 0 saturated heterocycles. The van der Waals surface area contributed by atoms with E-state index >= 15 is 0 Å². The van der Waals surface area contributed by atoms with Crippen LogP contribution in [0.15, 0.2) is 39.0 Å². The van der Waals surface area contributed by atoms with E-state index in [-0.39, 0.29) is 11.5 Å². The molecule has 1 aromatic heterocycles. The first-order valence-electron chi connectivity index (χ1n) is 5.39. The number of aromatic amines is 2. The third kappa shape index (κ3) is 2.68. The highest BCUT2D eigenvalue weighted by atomic mass is 16.3. The molecular weight excluding hydrogens is 250 g/mol. The lowest BCUT2D eigenvalue weighted by molar-refractivity contribution is 1.03. The molecule has 8 nitrogen and oxygen atoms in total. The number of hydrogen-bond acceptors (Lipinski definition) is 6. The number of hydrazine groups is 1. The molecule has 0 aliphatic rings. The van der Waals surface area contributed by atoms with Crippen LogP contribution >= 0.6 is 0 Å². The number of para-hydroxylation sites is 1. The summed E-state index contributed by atoms with van der Waals surface area (Å²) < 4.78 is 0. The molecule has 0 fully saturated rings. The van der Waals surface area contributed by atoms with Crippen LogP contribution in [0.3, 0.4) is 0 Å². The highest BCUT2D eigenvalue weighted by molar-refractivity contribution is 5.63. The molecule has 1 aromatic carbocycles. The van der Waals surface area contributed by atoms with Gasteiger partial charge in [-0.25, -0.2) is 4.79 Å². The molecule has 4 N–H and O–H groups in total. The lowest BCUT2D eigenvalue weighted by atomic mass is 10.2. The monoisotopic (exact) mass is 261 g/mol. The molecule has 0 unspecified atom stereocenters.